The molecule has 3 nitrogen and oxygen atoms in total. The Labute approximate surface area is 117 Å². The fourth-order valence-corrected chi connectivity index (χ4v) is 2.85. The van der Waals surface area contributed by atoms with Crippen molar-refractivity contribution in [2.45, 2.75) is 58.6 Å². The van der Waals surface area contributed by atoms with Gasteiger partial charge in [0.05, 0.1) is 0 Å². The Hall–Kier alpha value is -1.25. The van der Waals surface area contributed by atoms with Gasteiger partial charge in [0.15, 0.2) is 0 Å². The summed E-state index contributed by atoms with van der Waals surface area (Å²) in [7, 11) is 0. The number of amides is 1. The zero-order valence-electron chi connectivity index (χ0n) is 12.7. The van der Waals surface area contributed by atoms with Crippen molar-refractivity contribution in [3.05, 3.63) is 25.3 Å². The van der Waals surface area contributed by atoms with Gasteiger partial charge < -0.3 is 9.64 Å². The molecule has 0 radical (unpaired) electrons. The van der Waals surface area contributed by atoms with Crippen molar-refractivity contribution in [1.82, 2.24) is 4.90 Å². The smallest absolute Gasteiger partial charge is 0.410 e. The zero-order chi connectivity index (χ0) is 14.7. The summed E-state index contributed by atoms with van der Waals surface area (Å²) in [5.41, 5.74) is -0.376. The average molecular weight is 265 g/mol. The van der Waals surface area contributed by atoms with Crippen LogP contribution in [0.4, 0.5) is 4.79 Å². The van der Waals surface area contributed by atoms with Gasteiger partial charge in [-0.3, -0.25) is 0 Å². The molecule has 3 heteroatoms. The van der Waals surface area contributed by atoms with Crippen LogP contribution in [-0.2, 0) is 4.74 Å². The van der Waals surface area contributed by atoms with E-state index in [1.165, 1.54) is 0 Å². The van der Waals surface area contributed by atoms with Crippen LogP contribution in [0.25, 0.3) is 0 Å². The van der Waals surface area contributed by atoms with Crippen molar-refractivity contribution >= 4 is 6.09 Å². The van der Waals surface area contributed by atoms with E-state index in [2.05, 4.69) is 20.1 Å². The van der Waals surface area contributed by atoms with Gasteiger partial charge in [-0.2, -0.15) is 0 Å². The predicted octanol–water partition coefficient (Wildman–Crippen LogP) is 4.15. The maximum absolute atomic E-state index is 12.2. The summed E-state index contributed by atoms with van der Waals surface area (Å²) in [5.74, 6) is 0. The molecule has 108 valence electrons. The molecule has 1 amide bonds. The van der Waals surface area contributed by atoms with E-state index in [0.29, 0.717) is 0 Å². The van der Waals surface area contributed by atoms with E-state index in [9.17, 15) is 4.79 Å². The molecule has 1 heterocycles. The predicted molar refractivity (Wildman–Crippen MR) is 79.1 cm³/mol. The lowest BCUT2D eigenvalue weighted by atomic mass is 9.75. The minimum atomic E-state index is -0.446. The quantitative estimate of drug-likeness (QED) is 0.714. The van der Waals surface area contributed by atoms with Gasteiger partial charge in [0, 0.05) is 12.6 Å². The number of nitrogens with zero attached hydrogens (tertiary/aromatic N) is 1. The number of rotatable bonds is 4. The molecule has 1 rings (SSSR count). The molecule has 1 saturated heterocycles. The molecule has 0 aliphatic carbocycles. The Morgan fingerprint density at radius 1 is 1.37 bits per heavy atom. The minimum Gasteiger partial charge on any atom is -0.444 e. The van der Waals surface area contributed by atoms with Crippen LogP contribution < -0.4 is 0 Å². The Morgan fingerprint density at radius 2 is 1.89 bits per heavy atom. The van der Waals surface area contributed by atoms with Crippen molar-refractivity contribution in [3.63, 3.8) is 0 Å². The van der Waals surface area contributed by atoms with Crippen LogP contribution in [0.5, 0.6) is 0 Å². The number of hydrogen-bond donors (Lipinski definition) is 0. The van der Waals surface area contributed by atoms with E-state index in [1.54, 1.807) is 0 Å². The molecule has 0 aromatic rings. The van der Waals surface area contributed by atoms with E-state index in [-0.39, 0.29) is 17.6 Å². The lowest BCUT2D eigenvalue weighted by molar-refractivity contribution is 0.0184. The standard InChI is InChI=1S/C16H27NO2/c1-7-9-16(10-8-2)11-12-17(13(16)3)14(18)19-15(4,5)6/h7-8,13H,1-2,9-12H2,3-6H3. The third kappa shape index (κ3) is 3.62. The first kappa shape index (κ1) is 15.8. The second-order valence-electron chi connectivity index (χ2n) is 6.45. The van der Waals surface area contributed by atoms with Crippen LogP contribution >= 0.6 is 0 Å². The Bertz CT molecular complexity index is 344. The molecular weight excluding hydrogens is 238 g/mol. The van der Waals surface area contributed by atoms with Crippen LogP contribution in [0.15, 0.2) is 25.3 Å². The van der Waals surface area contributed by atoms with Crippen molar-refractivity contribution in [2.75, 3.05) is 6.54 Å². The topological polar surface area (TPSA) is 29.5 Å². The van der Waals surface area contributed by atoms with Crippen LogP contribution in [0, 0.1) is 5.41 Å². The molecule has 0 bridgehead atoms. The molecule has 1 aliphatic rings. The van der Waals surface area contributed by atoms with Gasteiger partial charge in [-0.1, -0.05) is 12.2 Å². The summed E-state index contributed by atoms with van der Waals surface area (Å²) in [6.07, 6.45) is 6.46. The SMILES string of the molecule is C=CCC1(CC=C)CCN(C(=O)OC(C)(C)C)C1C. The van der Waals surface area contributed by atoms with Gasteiger partial charge in [-0.25, -0.2) is 4.79 Å². The van der Waals surface area contributed by atoms with Gasteiger partial charge in [0.1, 0.15) is 5.60 Å². The third-order valence-corrected chi connectivity index (χ3v) is 3.93. The Kier molecular flexibility index (Phi) is 4.83. The lowest BCUT2D eigenvalue weighted by Crippen LogP contribution is -2.43. The van der Waals surface area contributed by atoms with E-state index in [0.717, 1.165) is 25.8 Å². The van der Waals surface area contributed by atoms with Gasteiger partial charge in [-0.15, -0.1) is 13.2 Å². The number of carbonyl (C=O) groups excluding carboxylic acids is 1. The van der Waals surface area contributed by atoms with Crippen molar-refractivity contribution in [1.29, 1.82) is 0 Å². The largest absolute Gasteiger partial charge is 0.444 e. The van der Waals surface area contributed by atoms with Gasteiger partial charge in [0.2, 0.25) is 0 Å². The molecule has 0 spiro atoms. The van der Waals surface area contributed by atoms with Crippen LogP contribution in [0.1, 0.15) is 47.0 Å². The second-order valence-corrected chi connectivity index (χ2v) is 6.45. The highest BCUT2D eigenvalue weighted by atomic mass is 16.6. The minimum absolute atomic E-state index is 0.0698. The average Bonchev–Trinajstić information content (AvgIpc) is 2.56. The Morgan fingerprint density at radius 3 is 2.32 bits per heavy atom. The maximum Gasteiger partial charge on any atom is 0.410 e. The van der Waals surface area contributed by atoms with Gasteiger partial charge in [-0.05, 0) is 52.4 Å². The summed E-state index contributed by atoms with van der Waals surface area (Å²) in [6, 6.07) is 0.151. The van der Waals surface area contributed by atoms with Crippen molar-refractivity contribution in [2.24, 2.45) is 5.41 Å². The number of ether oxygens (including phenoxy) is 1. The monoisotopic (exact) mass is 265 g/mol. The Balaban J connectivity index is 2.83. The highest BCUT2D eigenvalue weighted by Crippen LogP contribution is 2.43. The molecule has 1 aliphatic heterocycles. The van der Waals surface area contributed by atoms with E-state index in [4.69, 9.17) is 4.74 Å². The molecule has 19 heavy (non-hydrogen) atoms. The van der Waals surface area contributed by atoms with Gasteiger partial charge in [0.25, 0.3) is 0 Å². The summed E-state index contributed by atoms with van der Waals surface area (Å²) in [5, 5.41) is 0. The van der Waals surface area contributed by atoms with Crippen LogP contribution in [-0.4, -0.2) is 29.2 Å². The second kappa shape index (κ2) is 5.81. The number of allylic oxidation sites excluding steroid dienone is 2. The first-order valence-electron chi connectivity index (χ1n) is 6.97. The number of hydrogen-bond acceptors (Lipinski definition) is 2. The summed E-state index contributed by atoms with van der Waals surface area (Å²) < 4.78 is 5.48. The first-order chi connectivity index (χ1) is 8.75. The fraction of sp³-hybridized carbons (Fsp3) is 0.688. The molecule has 0 aromatic carbocycles. The molecule has 1 atom stereocenters. The summed E-state index contributed by atoms with van der Waals surface area (Å²) in [6.45, 7) is 16.2. The summed E-state index contributed by atoms with van der Waals surface area (Å²) >= 11 is 0. The lowest BCUT2D eigenvalue weighted by Gasteiger charge is -2.35. The third-order valence-electron chi connectivity index (χ3n) is 3.93. The number of carbonyl (C=O) groups is 1. The zero-order valence-corrected chi connectivity index (χ0v) is 12.7. The molecular formula is C16H27NO2. The molecule has 0 N–H and O–H groups in total. The van der Waals surface area contributed by atoms with Gasteiger partial charge >= 0.3 is 6.09 Å². The molecule has 0 aromatic heterocycles. The molecule has 0 saturated carbocycles. The fourth-order valence-electron chi connectivity index (χ4n) is 2.85. The highest BCUT2D eigenvalue weighted by Gasteiger charge is 2.45. The normalized spacial score (nSPS) is 22.1. The first-order valence-corrected chi connectivity index (χ1v) is 6.97. The van der Waals surface area contributed by atoms with E-state index < -0.39 is 5.60 Å². The van der Waals surface area contributed by atoms with E-state index >= 15 is 0 Å². The maximum atomic E-state index is 12.2. The van der Waals surface area contributed by atoms with Crippen molar-refractivity contribution in [3.8, 4) is 0 Å². The van der Waals surface area contributed by atoms with Crippen molar-refractivity contribution < 1.29 is 9.53 Å². The van der Waals surface area contributed by atoms with Crippen LogP contribution in [0.3, 0.4) is 0 Å². The number of likely N-dealkylation sites (tertiary alicyclic amines) is 1. The van der Waals surface area contributed by atoms with Crippen LogP contribution in [0.2, 0.25) is 0 Å². The molecule has 1 fully saturated rings. The summed E-state index contributed by atoms with van der Waals surface area (Å²) in [4.78, 5) is 14.1. The highest BCUT2D eigenvalue weighted by molar-refractivity contribution is 5.69. The molecule has 1 unspecified atom stereocenters. The van der Waals surface area contributed by atoms with E-state index in [1.807, 2.05) is 37.8 Å².